The Kier molecular flexibility index (Phi) is 6.37. The van der Waals surface area contributed by atoms with Crippen molar-refractivity contribution >= 4 is 23.2 Å². The molecule has 0 spiro atoms. The van der Waals surface area contributed by atoms with E-state index in [-0.39, 0.29) is 11.3 Å². The molecule has 10 heteroatoms. The fourth-order valence-electron chi connectivity index (χ4n) is 6.70. The zero-order valence-corrected chi connectivity index (χ0v) is 21.4. The quantitative estimate of drug-likeness (QED) is 0.306. The molecule has 10 nitrogen and oxygen atoms in total. The Morgan fingerprint density at radius 1 is 1.03 bits per heavy atom. The largest absolute Gasteiger partial charge is 0.508 e. The van der Waals surface area contributed by atoms with Gasteiger partial charge in [0.25, 0.3) is 5.91 Å². The van der Waals surface area contributed by atoms with Crippen molar-refractivity contribution in [1.82, 2.24) is 4.90 Å². The minimum atomic E-state index is -2.93. The highest BCUT2D eigenvalue weighted by Crippen LogP contribution is 2.57. The van der Waals surface area contributed by atoms with Crippen LogP contribution in [0.1, 0.15) is 29.0 Å². The molecule has 2 aromatic carbocycles. The van der Waals surface area contributed by atoms with Crippen LogP contribution in [0.4, 0.5) is 0 Å². The number of phenolic OH excluding ortho intramolecular Hbond substituents is 1. The number of carbonyl (C=O) groups is 3. The van der Waals surface area contributed by atoms with Crippen molar-refractivity contribution in [3.05, 3.63) is 82.1 Å². The summed E-state index contributed by atoms with van der Waals surface area (Å²) in [7, 11) is 2.95. The van der Waals surface area contributed by atoms with E-state index in [1.54, 1.807) is 12.1 Å². The summed E-state index contributed by atoms with van der Waals surface area (Å²) in [5, 5.41) is 56.7. The molecule has 0 aliphatic heterocycles. The molecule has 0 aromatic heterocycles. The van der Waals surface area contributed by atoms with Crippen LogP contribution in [0.5, 0.6) is 5.75 Å². The monoisotopic (exact) mass is 534 g/mol. The lowest BCUT2D eigenvalue weighted by Crippen LogP contribution is -2.70. The molecule has 3 aliphatic carbocycles. The lowest BCUT2D eigenvalue weighted by atomic mass is 9.53. The van der Waals surface area contributed by atoms with Crippen LogP contribution in [0.15, 0.2) is 65.4 Å². The van der Waals surface area contributed by atoms with Crippen molar-refractivity contribution in [2.75, 3.05) is 14.1 Å². The lowest BCUT2D eigenvalue weighted by molar-refractivity contribution is -0.169. The maximum atomic E-state index is 14.1. The molecule has 0 unspecified atom stereocenters. The molecule has 2 aromatic rings. The number of carbonyl (C=O) groups excluding carboxylic acids is 3. The maximum Gasteiger partial charge on any atom is 0.255 e. The number of ketones is 2. The van der Waals surface area contributed by atoms with Crippen molar-refractivity contribution in [3.8, 4) is 5.75 Å². The van der Waals surface area contributed by atoms with Crippen LogP contribution in [0.2, 0.25) is 0 Å². The van der Waals surface area contributed by atoms with E-state index in [1.165, 1.54) is 25.1 Å². The minimum absolute atomic E-state index is 0.0148. The van der Waals surface area contributed by atoms with Gasteiger partial charge in [-0.1, -0.05) is 42.5 Å². The van der Waals surface area contributed by atoms with Gasteiger partial charge in [0, 0.05) is 11.5 Å². The molecule has 0 radical (unpaired) electrons. The Bertz CT molecular complexity index is 1450. The van der Waals surface area contributed by atoms with Gasteiger partial charge in [-0.05, 0) is 50.0 Å². The van der Waals surface area contributed by atoms with Crippen LogP contribution < -0.4 is 5.73 Å². The number of nitrogens with zero attached hydrogens (tertiary/aromatic N) is 1. The van der Waals surface area contributed by atoms with Gasteiger partial charge in [-0.3, -0.25) is 19.3 Å². The van der Waals surface area contributed by atoms with Gasteiger partial charge < -0.3 is 31.3 Å². The third-order valence-electron chi connectivity index (χ3n) is 8.38. The molecule has 0 saturated heterocycles. The second-order valence-corrected chi connectivity index (χ2v) is 10.6. The predicted molar refractivity (Wildman–Crippen MR) is 139 cm³/mol. The fraction of sp³-hybridized carbons (Fsp3) is 0.345. The summed E-state index contributed by atoms with van der Waals surface area (Å²) in [4.78, 5) is 41.0. The second kappa shape index (κ2) is 9.33. The van der Waals surface area contributed by atoms with Crippen molar-refractivity contribution in [3.63, 3.8) is 0 Å². The van der Waals surface area contributed by atoms with Gasteiger partial charge in [0.1, 0.15) is 22.8 Å². The smallest absolute Gasteiger partial charge is 0.255 e. The molecule has 204 valence electrons. The third-order valence-corrected chi connectivity index (χ3v) is 8.38. The first-order chi connectivity index (χ1) is 18.4. The Hall–Kier alpha value is -3.99. The van der Waals surface area contributed by atoms with Crippen molar-refractivity contribution in [2.45, 2.75) is 36.5 Å². The van der Waals surface area contributed by atoms with Crippen molar-refractivity contribution < 1.29 is 39.9 Å². The standard InChI is InChI=1S/C29H30N2O8/c1-31(2)22-21-24(34)18-15(12-11-13-7-4-3-5-8-13)14-9-6-10-16(32)17(14)23(33)19(18)26(36)29(21,39)27(37)20(25(22)35)28(30)38/h3-10,15,18,21-22,24,32-34,37,39H,11-12H2,1-2H3,(H2,30,38)/t15-,18+,21+,22+,24-,29+/m1/s1. The summed E-state index contributed by atoms with van der Waals surface area (Å²) in [6.07, 6.45) is -0.727. The summed E-state index contributed by atoms with van der Waals surface area (Å²) in [6, 6.07) is 12.7. The topological polar surface area (TPSA) is 182 Å². The molecule has 7 N–H and O–H groups in total. The molecule has 0 heterocycles. The van der Waals surface area contributed by atoms with Gasteiger partial charge in [0.15, 0.2) is 11.4 Å². The Balaban J connectivity index is 1.75. The minimum Gasteiger partial charge on any atom is -0.508 e. The summed E-state index contributed by atoms with van der Waals surface area (Å²) in [5.74, 6) is -8.96. The van der Waals surface area contributed by atoms with Gasteiger partial charge in [-0.2, -0.15) is 0 Å². The normalized spacial score (nSPS) is 30.2. The number of aliphatic hydroxyl groups excluding tert-OH is 3. The Morgan fingerprint density at radius 3 is 2.31 bits per heavy atom. The first-order valence-corrected chi connectivity index (χ1v) is 12.6. The number of aliphatic hydroxyl groups is 4. The van der Waals surface area contributed by atoms with Crippen LogP contribution in [-0.4, -0.2) is 79.7 Å². The maximum absolute atomic E-state index is 14.1. The number of rotatable bonds is 5. The summed E-state index contributed by atoms with van der Waals surface area (Å²) in [6.45, 7) is 0. The molecule has 1 saturated carbocycles. The van der Waals surface area contributed by atoms with Crippen LogP contribution in [-0.2, 0) is 20.8 Å². The van der Waals surface area contributed by atoms with Crippen LogP contribution >= 0.6 is 0 Å². The number of amides is 1. The molecule has 5 rings (SSSR count). The van der Waals surface area contributed by atoms with Crippen LogP contribution in [0.3, 0.4) is 0 Å². The Morgan fingerprint density at radius 2 is 1.69 bits per heavy atom. The van der Waals surface area contributed by atoms with Gasteiger partial charge in [-0.25, -0.2) is 0 Å². The van der Waals surface area contributed by atoms with E-state index in [0.717, 1.165) is 5.56 Å². The average molecular weight is 535 g/mol. The van der Waals surface area contributed by atoms with Crippen molar-refractivity contribution in [1.29, 1.82) is 0 Å². The van der Waals surface area contributed by atoms with E-state index in [1.807, 2.05) is 30.3 Å². The predicted octanol–water partition coefficient (Wildman–Crippen LogP) is 1.11. The van der Waals surface area contributed by atoms with Gasteiger partial charge in [-0.15, -0.1) is 0 Å². The number of benzene rings is 2. The second-order valence-electron chi connectivity index (χ2n) is 10.6. The van der Waals surface area contributed by atoms with Gasteiger partial charge >= 0.3 is 0 Å². The third kappa shape index (κ3) is 3.70. The number of nitrogens with two attached hydrogens (primary N) is 1. The zero-order chi connectivity index (χ0) is 28.4. The van der Waals surface area contributed by atoms with E-state index < -0.39 is 75.6 Å². The molecular formula is C29H30N2O8. The summed E-state index contributed by atoms with van der Waals surface area (Å²) in [5.41, 5.74) is 2.56. The number of primary amides is 1. The van der Waals surface area contributed by atoms with E-state index >= 15 is 0 Å². The molecule has 1 amide bonds. The number of fused-ring (bicyclic) bond motifs is 3. The van der Waals surface area contributed by atoms with Gasteiger partial charge in [0.2, 0.25) is 5.78 Å². The molecule has 6 atom stereocenters. The van der Waals surface area contributed by atoms with E-state index in [9.17, 15) is 39.9 Å². The molecule has 1 fully saturated rings. The molecule has 0 bridgehead atoms. The first-order valence-electron chi connectivity index (χ1n) is 12.6. The molecule has 39 heavy (non-hydrogen) atoms. The highest BCUT2D eigenvalue weighted by Gasteiger charge is 2.68. The summed E-state index contributed by atoms with van der Waals surface area (Å²) >= 11 is 0. The fourth-order valence-corrected chi connectivity index (χ4v) is 6.70. The van der Waals surface area contributed by atoms with Crippen LogP contribution in [0.25, 0.3) is 5.76 Å². The van der Waals surface area contributed by atoms with Crippen LogP contribution in [0, 0.1) is 11.8 Å². The first kappa shape index (κ1) is 26.6. The number of hydrogen-bond donors (Lipinski definition) is 6. The number of likely N-dealkylation sites (N-methyl/N-ethyl adjacent to an activating group) is 1. The number of Topliss-reactive ketones (excluding diaryl/α,β-unsaturated/α-hetero) is 2. The number of aromatic hydroxyl groups is 1. The summed E-state index contributed by atoms with van der Waals surface area (Å²) < 4.78 is 0. The van der Waals surface area contributed by atoms with E-state index in [2.05, 4.69) is 0 Å². The SMILES string of the molecule is CN(C)[C@@H]1C(=O)C(C(N)=O)=C(O)[C@@]2(O)C(=O)C3=C(O)c4c(O)cccc4[C@@H](CCc4ccccc4)[C@@H]3[C@@H](O)[C@H]12. The zero-order valence-electron chi connectivity index (χ0n) is 21.4. The number of hydrogen-bond acceptors (Lipinski definition) is 9. The lowest BCUT2D eigenvalue weighted by Gasteiger charge is -2.54. The van der Waals surface area contributed by atoms with E-state index in [0.29, 0.717) is 18.4 Å². The van der Waals surface area contributed by atoms with E-state index in [4.69, 9.17) is 5.73 Å². The Labute approximate surface area is 224 Å². The number of aryl methyl sites for hydroxylation is 1. The van der Waals surface area contributed by atoms with Crippen molar-refractivity contribution in [2.24, 2.45) is 17.6 Å². The highest BCUT2D eigenvalue weighted by molar-refractivity contribution is 6.24. The average Bonchev–Trinajstić information content (AvgIpc) is 2.88. The van der Waals surface area contributed by atoms with Gasteiger partial charge in [0.05, 0.1) is 23.6 Å². The molecule has 3 aliphatic rings. The highest BCUT2D eigenvalue weighted by atomic mass is 16.4. The molecular weight excluding hydrogens is 504 g/mol. The number of phenols is 1.